The van der Waals surface area contributed by atoms with Gasteiger partial charge >= 0.3 is 0 Å². The van der Waals surface area contributed by atoms with Crippen LogP contribution in [0.2, 0.25) is 5.02 Å². The second-order valence-corrected chi connectivity index (χ2v) is 3.76. The third-order valence-electron chi connectivity index (χ3n) is 2.21. The summed E-state index contributed by atoms with van der Waals surface area (Å²) >= 11 is 5.99. The molecule has 3 heteroatoms. The molecule has 0 saturated carbocycles. The first-order chi connectivity index (χ1) is 6.69. The molecule has 1 aromatic rings. The molecular formula is C11H16ClNO. The fraction of sp³-hybridized carbons (Fsp3) is 0.455. The fourth-order valence-corrected chi connectivity index (χ4v) is 1.60. The summed E-state index contributed by atoms with van der Waals surface area (Å²) in [4.78, 5) is 2.15. The molecule has 0 heterocycles. The maximum Gasteiger partial charge on any atom is 0.0696 e. The highest BCUT2D eigenvalue weighted by Gasteiger charge is 2.03. The molecule has 2 nitrogen and oxygen atoms in total. The van der Waals surface area contributed by atoms with Crippen LogP contribution in [0, 0.1) is 0 Å². The summed E-state index contributed by atoms with van der Waals surface area (Å²) in [6.45, 7) is 3.14. The van der Waals surface area contributed by atoms with Crippen molar-refractivity contribution in [2.45, 2.75) is 20.0 Å². The summed E-state index contributed by atoms with van der Waals surface area (Å²) in [5, 5.41) is 9.59. The Morgan fingerprint density at radius 2 is 2.14 bits per heavy atom. The lowest BCUT2D eigenvalue weighted by atomic mass is 10.2. The van der Waals surface area contributed by atoms with Gasteiger partial charge in [-0.1, -0.05) is 24.6 Å². The largest absolute Gasteiger partial charge is 0.392 e. The van der Waals surface area contributed by atoms with Crippen LogP contribution in [0.5, 0.6) is 0 Å². The number of hydrogen-bond donors (Lipinski definition) is 1. The first-order valence-corrected chi connectivity index (χ1v) is 5.17. The molecule has 1 rings (SSSR count). The van der Waals surface area contributed by atoms with E-state index in [4.69, 9.17) is 16.7 Å². The summed E-state index contributed by atoms with van der Waals surface area (Å²) < 4.78 is 0. The van der Waals surface area contributed by atoms with Crippen LogP contribution in [-0.2, 0) is 6.61 Å². The Kier molecular flexibility index (Phi) is 4.23. The SMILES string of the molecule is CCCN(C)c1ccc(CO)c(Cl)c1. The average molecular weight is 214 g/mol. The predicted octanol–water partition coefficient (Wildman–Crippen LogP) is 2.68. The molecule has 78 valence electrons. The van der Waals surface area contributed by atoms with Gasteiger partial charge < -0.3 is 10.0 Å². The lowest BCUT2D eigenvalue weighted by molar-refractivity contribution is 0.282. The van der Waals surface area contributed by atoms with Crippen LogP contribution in [0.3, 0.4) is 0 Å². The van der Waals surface area contributed by atoms with Gasteiger partial charge in [-0.2, -0.15) is 0 Å². The van der Waals surface area contributed by atoms with E-state index in [0.717, 1.165) is 24.2 Å². The van der Waals surface area contributed by atoms with E-state index in [1.807, 2.05) is 25.2 Å². The predicted molar refractivity (Wildman–Crippen MR) is 60.9 cm³/mol. The van der Waals surface area contributed by atoms with E-state index < -0.39 is 0 Å². The maximum atomic E-state index is 8.95. The van der Waals surface area contributed by atoms with Crippen molar-refractivity contribution < 1.29 is 5.11 Å². The number of halogens is 1. The number of aliphatic hydroxyl groups excluding tert-OH is 1. The minimum absolute atomic E-state index is 0.00337. The van der Waals surface area contributed by atoms with Gasteiger partial charge in [0.2, 0.25) is 0 Å². The number of aliphatic hydroxyl groups is 1. The highest BCUT2D eigenvalue weighted by atomic mass is 35.5. The minimum Gasteiger partial charge on any atom is -0.392 e. The van der Waals surface area contributed by atoms with E-state index >= 15 is 0 Å². The van der Waals surface area contributed by atoms with E-state index in [0.29, 0.717) is 5.02 Å². The zero-order chi connectivity index (χ0) is 10.6. The van der Waals surface area contributed by atoms with Gasteiger partial charge in [-0.05, 0) is 24.1 Å². The minimum atomic E-state index is -0.00337. The molecule has 0 radical (unpaired) electrons. The molecule has 0 spiro atoms. The molecule has 14 heavy (non-hydrogen) atoms. The normalized spacial score (nSPS) is 10.3. The van der Waals surface area contributed by atoms with Crippen LogP contribution in [0.25, 0.3) is 0 Å². The summed E-state index contributed by atoms with van der Waals surface area (Å²) in [5.74, 6) is 0. The Balaban J connectivity index is 2.85. The first kappa shape index (κ1) is 11.3. The van der Waals surface area contributed by atoms with Gasteiger partial charge in [-0.3, -0.25) is 0 Å². The number of hydrogen-bond acceptors (Lipinski definition) is 2. The van der Waals surface area contributed by atoms with E-state index in [9.17, 15) is 0 Å². The number of anilines is 1. The van der Waals surface area contributed by atoms with Crippen molar-refractivity contribution in [1.82, 2.24) is 0 Å². The summed E-state index contributed by atoms with van der Waals surface area (Å²) in [5.41, 5.74) is 1.87. The number of benzene rings is 1. The van der Waals surface area contributed by atoms with Gasteiger partial charge in [0, 0.05) is 24.3 Å². The van der Waals surface area contributed by atoms with Crippen LogP contribution in [0.4, 0.5) is 5.69 Å². The molecule has 0 aliphatic carbocycles. The van der Waals surface area contributed by atoms with E-state index in [-0.39, 0.29) is 6.61 Å². The molecule has 0 aliphatic rings. The Hall–Kier alpha value is -0.730. The summed E-state index contributed by atoms with van der Waals surface area (Å²) in [6, 6.07) is 5.74. The van der Waals surface area contributed by atoms with Crippen molar-refractivity contribution in [2.75, 3.05) is 18.5 Å². The lowest BCUT2D eigenvalue weighted by Crippen LogP contribution is -2.17. The van der Waals surface area contributed by atoms with Gasteiger partial charge in [0.15, 0.2) is 0 Å². The lowest BCUT2D eigenvalue weighted by Gasteiger charge is -2.19. The van der Waals surface area contributed by atoms with Crippen LogP contribution in [0.15, 0.2) is 18.2 Å². The van der Waals surface area contributed by atoms with Gasteiger partial charge in [0.05, 0.1) is 6.61 Å². The summed E-state index contributed by atoms with van der Waals surface area (Å²) in [7, 11) is 2.04. The summed E-state index contributed by atoms with van der Waals surface area (Å²) in [6.07, 6.45) is 1.11. The van der Waals surface area contributed by atoms with Gasteiger partial charge in [-0.15, -0.1) is 0 Å². The van der Waals surface area contributed by atoms with Crippen LogP contribution >= 0.6 is 11.6 Å². The van der Waals surface area contributed by atoms with Gasteiger partial charge in [0.25, 0.3) is 0 Å². The molecule has 0 fully saturated rings. The molecular weight excluding hydrogens is 198 g/mol. The topological polar surface area (TPSA) is 23.5 Å². The first-order valence-electron chi connectivity index (χ1n) is 4.79. The molecule has 0 aliphatic heterocycles. The van der Waals surface area contributed by atoms with Crippen LogP contribution < -0.4 is 4.90 Å². The second-order valence-electron chi connectivity index (χ2n) is 3.36. The van der Waals surface area contributed by atoms with Crippen molar-refractivity contribution >= 4 is 17.3 Å². The molecule has 0 bridgehead atoms. The van der Waals surface area contributed by atoms with Crippen molar-refractivity contribution in [2.24, 2.45) is 0 Å². The average Bonchev–Trinajstić information content (AvgIpc) is 2.18. The molecule has 0 aromatic heterocycles. The van der Waals surface area contributed by atoms with Gasteiger partial charge in [0.1, 0.15) is 0 Å². The highest BCUT2D eigenvalue weighted by Crippen LogP contribution is 2.23. The van der Waals surface area contributed by atoms with Crippen LogP contribution in [0.1, 0.15) is 18.9 Å². The monoisotopic (exact) mass is 213 g/mol. The Morgan fingerprint density at radius 1 is 1.43 bits per heavy atom. The molecule has 0 saturated heterocycles. The third-order valence-corrected chi connectivity index (χ3v) is 2.56. The molecule has 1 N–H and O–H groups in total. The zero-order valence-corrected chi connectivity index (χ0v) is 9.38. The molecule has 0 atom stereocenters. The highest BCUT2D eigenvalue weighted by molar-refractivity contribution is 6.31. The Bertz CT molecular complexity index is 301. The van der Waals surface area contributed by atoms with E-state index in [1.54, 1.807) is 0 Å². The molecule has 0 unspecified atom stereocenters. The standard InChI is InChI=1S/C11H16ClNO/c1-3-6-13(2)10-5-4-9(8-14)11(12)7-10/h4-5,7,14H,3,6,8H2,1-2H3. The van der Waals surface area contributed by atoms with E-state index in [2.05, 4.69) is 11.8 Å². The number of nitrogens with zero attached hydrogens (tertiary/aromatic N) is 1. The quantitative estimate of drug-likeness (QED) is 0.832. The molecule has 1 aromatic carbocycles. The molecule has 0 amide bonds. The maximum absolute atomic E-state index is 8.95. The second kappa shape index (κ2) is 5.23. The smallest absolute Gasteiger partial charge is 0.0696 e. The Labute approximate surface area is 90.1 Å². The fourth-order valence-electron chi connectivity index (χ4n) is 1.37. The van der Waals surface area contributed by atoms with Crippen molar-refractivity contribution in [3.05, 3.63) is 28.8 Å². The van der Waals surface area contributed by atoms with Gasteiger partial charge in [-0.25, -0.2) is 0 Å². The van der Waals surface area contributed by atoms with Crippen molar-refractivity contribution in [3.63, 3.8) is 0 Å². The van der Waals surface area contributed by atoms with E-state index in [1.165, 1.54) is 0 Å². The Morgan fingerprint density at radius 3 is 2.64 bits per heavy atom. The van der Waals surface area contributed by atoms with Crippen LogP contribution in [-0.4, -0.2) is 18.7 Å². The third kappa shape index (κ3) is 2.63. The number of rotatable bonds is 4. The van der Waals surface area contributed by atoms with Crippen molar-refractivity contribution in [3.8, 4) is 0 Å². The van der Waals surface area contributed by atoms with Crippen molar-refractivity contribution in [1.29, 1.82) is 0 Å². The zero-order valence-electron chi connectivity index (χ0n) is 8.63.